The van der Waals surface area contributed by atoms with Gasteiger partial charge in [0.25, 0.3) is 11.8 Å². The van der Waals surface area contributed by atoms with Gasteiger partial charge in [-0.05, 0) is 42.0 Å². The van der Waals surface area contributed by atoms with Gasteiger partial charge in [0, 0.05) is 16.3 Å². The summed E-state index contributed by atoms with van der Waals surface area (Å²) in [6.45, 7) is 0. The minimum atomic E-state index is -1.15. The molecule has 1 heterocycles. The molecule has 3 amide bonds. The number of halogens is 1. The molecule has 0 radical (unpaired) electrons. The lowest BCUT2D eigenvalue weighted by atomic mass is 9.87. The normalized spacial score (nSPS) is 15.9. The van der Waals surface area contributed by atoms with Crippen molar-refractivity contribution in [2.24, 2.45) is 0 Å². The Balaban J connectivity index is 1.78. The second kappa shape index (κ2) is 7.29. The minimum Gasteiger partial charge on any atom is -0.325 e. The summed E-state index contributed by atoms with van der Waals surface area (Å²) < 4.78 is 0. The lowest BCUT2D eigenvalue weighted by Gasteiger charge is -2.32. The standard InChI is InChI=1S/C22H15ClN2O3/c23-14-7-6-10-16(13-14)25-21(27)18-12-5-4-11-17(18)19(22(25)28)20(26)24-15-8-2-1-3-9-15/h1-13,19H,(H,24,26). The first kappa shape index (κ1) is 17.9. The number of fused-ring (bicyclic) bond motifs is 1. The SMILES string of the molecule is O=C(Nc1ccccc1)C1C(=O)N(c2cccc(Cl)c2)C(=O)c2ccccc21. The third-order valence-corrected chi connectivity index (χ3v) is 4.78. The number of hydrogen-bond donors (Lipinski definition) is 1. The van der Waals surface area contributed by atoms with E-state index in [0.717, 1.165) is 4.90 Å². The number of carbonyl (C=O) groups excluding carboxylic acids is 3. The fourth-order valence-corrected chi connectivity index (χ4v) is 3.46. The number of carbonyl (C=O) groups is 3. The van der Waals surface area contributed by atoms with Crippen LogP contribution in [0.3, 0.4) is 0 Å². The largest absolute Gasteiger partial charge is 0.325 e. The van der Waals surface area contributed by atoms with Gasteiger partial charge >= 0.3 is 0 Å². The average molecular weight is 391 g/mol. The van der Waals surface area contributed by atoms with Crippen molar-refractivity contribution in [3.05, 3.63) is 95.0 Å². The smallest absolute Gasteiger partial charge is 0.265 e. The topological polar surface area (TPSA) is 66.5 Å². The van der Waals surface area contributed by atoms with Gasteiger partial charge in [0.2, 0.25) is 5.91 Å². The van der Waals surface area contributed by atoms with Crippen LogP contribution in [0.4, 0.5) is 11.4 Å². The summed E-state index contributed by atoms with van der Waals surface area (Å²) in [5, 5.41) is 3.15. The van der Waals surface area contributed by atoms with E-state index in [2.05, 4.69) is 5.32 Å². The van der Waals surface area contributed by atoms with E-state index in [1.807, 2.05) is 6.07 Å². The molecule has 4 rings (SSSR count). The van der Waals surface area contributed by atoms with Crippen LogP contribution in [0, 0.1) is 0 Å². The van der Waals surface area contributed by atoms with E-state index in [4.69, 9.17) is 11.6 Å². The van der Waals surface area contributed by atoms with Gasteiger partial charge in [0.1, 0.15) is 5.92 Å². The van der Waals surface area contributed by atoms with Gasteiger partial charge < -0.3 is 5.32 Å². The number of para-hydroxylation sites is 1. The molecule has 0 aliphatic carbocycles. The van der Waals surface area contributed by atoms with Crippen LogP contribution < -0.4 is 10.2 Å². The molecule has 1 aliphatic rings. The molecule has 0 saturated carbocycles. The summed E-state index contributed by atoms with van der Waals surface area (Å²) in [7, 11) is 0. The van der Waals surface area contributed by atoms with Crippen LogP contribution in [0.1, 0.15) is 21.8 Å². The van der Waals surface area contributed by atoms with E-state index in [1.165, 1.54) is 6.07 Å². The van der Waals surface area contributed by atoms with Crippen molar-refractivity contribution in [2.45, 2.75) is 5.92 Å². The van der Waals surface area contributed by atoms with Crippen LogP contribution in [0.15, 0.2) is 78.9 Å². The van der Waals surface area contributed by atoms with E-state index < -0.39 is 23.6 Å². The Labute approximate surface area is 166 Å². The zero-order valence-electron chi connectivity index (χ0n) is 14.6. The van der Waals surface area contributed by atoms with Crippen molar-refractivity contribution in [1.82, 2.24) is 0 Å². The number of rotatable bonds is 3. The molecule has 0 bridgehead atoms. The van der Waals surface area contributed by atoms with Gasteiger partial charge in [-0.2, -0.15) is 0 Å². The van der Waals surface area contributed by atoms with Crippen LogP contribution in [0.2, 0.25) is 5.02 Å². The lowest BCUT2D eigenvalue weighted by molar-refractivity contribution is -0.127. The molecule has 0 spiro atoms. The molecule has 138 valence electrons. The van der Waals surface area contributed by atoms with E-state index >= 15 is 0 Å². The predicted molar refractivity (Wildman–Crippen MR) is 108 cm³/mol. The lowest BCUT2D eigenvalue weighted by Crippen LogP contribution is -2.48. The average Bonchev–Trinajstić information content (AvgIpc) is 2.69. The van der Waals surface area contributed by atoms with Crippen LogP contribution in [-0.4, -0.2) is 17.7 Å². The Bertz CT molecular complexity index is 1080. The number of nitrogens with zero attached hydrogens (tertiary/aromatic N) is 1. The Kier molecular flexibility index (Phi) is 4.67. The summed E-state index contributed by atoms with van der Waals surface area (Å²) in [6, 6.07) is 22.0. The summed E-state index contributed by atoms with van der Waals surface area (Å²) in [5.41, 5.74) is 1.61. The maximum atomic E-state index is 13.2. The van der Waals surface area contributed by atoms with Crippen LogP contribution in [0.5, 0.6) is 0 Å². The highest BCUT2D eigenvalue weighted by Gasteiger charge is 2.43. The molecule has 1 N–H and O–H groups in total. The van der Waals surface area contributed by atoms with Crippen molar-refractivity contribution in [3.8, 4) is 0 Å². The Morgan fingerprint density at radius 2 is 1.61 bits per heavy atom. The second-order valence-corrected chi connectivity index (χ2v) is 6.77. The molecule has 6 heteroatoms. The quantitative estimate of drug-likeness (QED) is 0.537. The number of imide groups is 1. The first-order chi connectivity index (χ1) is 13.6. The van der Waals surface area contributed by atoms with Crippen molar-refractivity contribution >= 4 is 40.7 Å². The van der Waals surface area contributed by atoms with Gasteiger partial charge in [0.05, 0.1) is 5.69 Å². The predicted octanol–water partition coefficient (Wildman–Crippen LogP) is 4.25. The summed E-state index contributed by atoms with van der Waals surface area (Å²) in [6.07, 6.45) is 0. The van der Waals surface area contributed by atoms with Gasteiger partial charge in [-0.15, -0.1) is 0 Å². The zero-order chi connectivity index (χ0) is 19.7. The second-order valence-electron chi connectivity index (χ2n) is 6.33. The first-order valence-corrected chi connectivity index (χ1v) is 9.03. The maximum Gasteiger partial charge on any atom is 0.265 e. The zero-order valence-corrected chi connectivity index (χ0v) is 15.4. The molecule has 3 aromatic rings. The molecule has 28 heavy (non-hydrogen) atoms. The third-order valence-electron chi connectivity index (χ3n) is 4.54. The highest BCUT2D eigenvalue weighted by molar-refractivity contribution is 6.33. The van der Waals surface area contributed by atoms with Crippen molar-refractivity contribution < 1.29 is 14.4 Å². The Morgan fingerprint density at radius 1 is 0.893 bits per heavy atom. The van der Waals surface area contributed by atoms with Gasteiger partial charge in [-0.3, -0.25) is 14.4 Å². The molecule has 5 nitrogen and oxygen atoms in total. The minimum absolute atomic E-state index is 0.315. The summed E-state index contributed by atoms with van der Waals surface area (Å²) in [5.74, 6) is -2.73. The van der Waals surface area contributed by atoms with Crippen molar-refractivity contribution in [1.29, 1.82) is 0 Å². The molecule has 1 unspecified atom stereocenters. The number of nitrogens with one attached hydrogen (secondary N) is 1. The fourth-order valence-electron chi connectivity index (χ4n) is 3.28. The maximum absolute atomic E-state index is 13.2. The van der Waals surface area contributed by atoms with Crippen LogP contribution >= 0.6 is 11.6 Å². The molecule has 0 aromatic heterocycles. The molecule has 0 saturated heterocycles. The Hall–Kier alpha value is -3.44. The van der Waals surface area contributed by atoms with Gasteiger partial charge in [-0.25, -0.2) is 4.90 Å². The first-order valence-electron chi connectivity index (χ1n) is 8.65. The third kappa shape index (κ3) is 3.17. The fraction of sp³-hybridized carbons (Fsp3) is 0.0455. The van der Waals surface area contributed by atoms with E-state index in [0.29, 0.717) is 27.5 Å². The van der Waals surface area contributed by atoms with Gasteiger partial charge in [-0.1, -0.05) is 54.1 Å². The molecule has 1 aliphatic heterocycles. The number of anilines is 2. The van der Waals surface area contributed by atoms with Crippen molar-refractivity contribution in [3.63, 3.8) is 0 Å². The van der Waals surface area contributed by atoms with E-state index in [9.17, 15) is 14.4 Å². The molecule has 3 aromatic carbocycles. The number of amides is 3. The van der Waals surface area contributed by atoms with Crippen LogP contribution in [0.25, 0.3) is 0 Å². The summed E-state index contributed by atoms with van der Waals surface area (Å²) in [4.78, 5) is 40.3. The molecular weight excluding hydrogens is 376 g/mol. The van der Waals surface area contributed by atoms with Crippen LogP contribution in [-0.2, 0) is 9.59 Å². The molecule has 1 atom stereocenters. The number of benzene rings is 3. The highest BCUT2D eigenvalue weighted by atomic mass is 35.5. The van der Waals surface area contributed by atoms with Crippen molar-refractivity contribution in [2.75, 3.05) is 10.2 Å². The highest BCUT2D eigenvalue weighted by Crippen LogP contribution is 2.34. The monoisotopic (exact) mass is 390 g/mol. The molecular formula is C22H15ClN2O3. The van der Waals surface area contributed by atoms with E-state index in [1.54, 1.807) is 66.7 Å². The van der Waals surface area contributed by atoms with Gasteiger partial charge in [0.15, 0.2) is 0 Å². The Morgan fingerprint density at radius 3 is 2.36 bits per heavy atom. The summed E-state index contributed by atoms with van der Waals surface area (Å²) >= 11 is 6.04. The molecule has 0 fully saturated rings. The van der Waals surface area contributed by atoms with E-state index in [-0.39, 0.29) is 0 Å². The number of hydrogen-bond acceptors (Lipinski definition) is 3.